The van der Waals surface area contributed by atoms with E-state index >= 15 is 0 Å². The number of hydrogen-bond donors (Lipinski definition) is 0. The van der Waals surface area contributed by atoms with Crippen molar-refractivity contribution >= 4 is 36.1 Å². The van der Waals surface area contributed by atoms with E-state index in [0.29, 0.717) is 0 Å². The van der Waals surface area contributed by atoms with Gasteiger partial charge in [-0.1, -0.05) is 19.9 Å². The van der Waals surface area contributed by atoms with Crippen LogP contribution < -0.4 is 10.1 Å². The Morgan fingerprint density at radius 2 is 1.92 bits per heavy atom. The zero-order valence-corrected chi connectivity index (χ0v) is 16.7. The second kappa shape index (κ2) is 6.17. The van der Waals surface area contributed by atoms with Gasteiger partial charge in [0.05, 0.1) is 11.4 Å². The van der Waals surface area contributed by atoms with Crippen molar-refractivity contribution in [2.75, 3.05) is 33.1 Å². The lowest BCUT2D eigenvalue weighted by Crippen LogP contribution is -2.52. The Kier molecular flexibility index (Phi) is 4.34. The Labute approximate surface area is 146 Å². The zero-order valence-electron chi connectivity index (χ0n) is 15.7. The average molecular weight is 339 g/mol. The van der Waals surface area contributed by atoms with Gasteiger partial charge in [-0.15, -0.1) is 0 Å². The van der Waals surface area contributed by atoms with E-state index in [1.807, 2.05) is 0 Å². The molecule has 0 amide bonds. The molecular weight excluding hydrogens is 310 g/mol. The van der Waals surface area contributed by atoms with Crippen LogP contribution >= 0.6 is 0 Å². The average Bonchev–Trinajstić information content (AvgIpc) is 2.54. The Balaban J connectivity index is 2.25. The van der Waals surface area contributed by atoms with Crippen LogP contribution in [0.2, 0.25) is 12.6 Å². The summed E-state index contributed by atoms with van der Waals surface area (Å²) < 4.78 is 2.19. The van der Waals surface area contributed by atoms with Gasteiger partial charge in [0, 0.05) is 31.9 Å². The first kappa shape index (κ1) is 16.9. The van der Waals surface area contributed by atoms with E-state index in [1.165, 1.54) is 45.6 Å². The van der Waals surface area contributed by atoms with Gasteiger partial charge in [-0.05, 0) is 40.7 Å². The normalized spacial score (nSPS) is 21.7. The van der Waals surface area contributed by atoms with Crippen LogP contribution in [0.3, 0.4) is 0 Å². The van der Waals surface area contributed by atoms with Crippen LogP contribution in [-0.2, 0) is 0 Å². The molecule has 1 aromatic rings. The molecule has 24 heavy (non-hydrogen) atoms. The van der Waals surface area contributed by atoms with Gasteiger partial charge in [0.2, 0.25) is 0 Å². The molecule has 0 saturated heterocycles. The fraction of sp³-hybridized carbons (Fsp3) is 0.400. The molecule has 126 valence electrons. The molecule has 0 fully saturated rings. The third-order valence-electron chi connectivity index (χ3n) is 5.17. The summed E-state index contributed by atoms with van der Waals surface area (Å²) in [6, 6.07) is 8.03. The van der Waals surface area contributed by atoms with Crippen molar-refractivity contribution < 1.29 is 4.58 Å². The van der Waals surface area contributed by atoms with Gasteiger partial charge in [0.25, 0.3) is 0 Å². The van der Waals surface area contributed by atoms with Crippen molar-refractivity contribution in [3.63, 3.8) is 0 Å². The van der Waals surface area contributed by atoms with Crippen LogP contribution in [0.15, 0.2) is 46.6 Å². The SMILES string of the molecule is CCC[Si]1(C)C2=CC(=[N+](C)C)C=CC2=Nc2ccc(N(C)C)cc21. The van der Waals surface area contributed by atoms with E-state index in [9.17, 15) is 0 Å². The Bertz CT molecular complexity index is 795. The number of benzene rings is 1. The van der Waals surface area contributed by atoms with Gasteiger partial charge in [0.1, 0.15) is 22.2 Å². The van der Waals surface area contributed by atoms with Crippen LogP contribution in [0.5, 0.6) is 0 Å². The number of fused-ring (bicyclic) bond motifs is 2. The molecule has 1 aliphatic carbocycles. The largest absolute Gasteiger partial charge is 0.378 e. The molecule has 2 aliphatic rings. The van der Waals surface area contributed by atoms with Crippen LogP contribution in [0, 0.1) is 0 Å². The molecule has 3 rings (SSSR count). The van der Waals surface area contributed by atoms with Gasteiger partial charge in [0.15, 0.2) is 5.71 Å². The molecule has 1 heterocycles. The summed E-state index contributed by atoms with van der Waals surface area (Å²) in [4.78, 5) is 7.17. The quantitative estimate of drug-likeness (QED) is 0.470. The Hall–Kier alpha value is -1.94. The van der Waals surface area contributed by atoms with Crippen LogP contribution in [0.1, 0.15) is 13.3 Å². The molecule has 1 atom stereocenters. The van der Waals surface area contributed by atoms with Crippen molar-refractivity contribution in [1.29, 1.82) is 0 Å². The molecule has 0 spiro atoms. The molecule has 0 bridgehead atoms. The highest BCUT2D eigenvalue weighted by molar-refractivity contribution is 7.02. The minimum Gasteiger partial charge on any atom is -0.378 e. The van der Waals surface area contributed by atoms with Crippen LogP contribution in [-0.4, -0.2) is 52.3 Å². The summed E-state index contributed by atoms with van der Waals surface area (Å²) in [6.07, 6.45) is 7.97. The van der Waals surface area contributed by atoms with Crippen molar-refractivity contribution in [1.82, 2.24) is 0 Å². The monoisotopic (exact) mass is 338 g/mol. The fourth-order valence-electron chi connectivity index (χ4n) is 3.73. The molecule has 1 aromatic carbocycles. The number of anilines is 1. The van der Waals surface area contributed by atoms with E-state index in [2.05, 4.69) is 87.6 Å². The second-order valence-corrected chi connectivity index (χ2v) is 11.6. The maximum absolute atomic E-state index is 4.99. The molecule has 0 aromatic heterocycles. The summed E-state index contributed by atoms with van der Waals surface area (Å²) in [7, 11) is 6.66. The lowest BCUT2D eigenvalue weighted by molar-refractivity contribution is -0.462. The molecule has 0 radical (unpaired) electrons. The number of hydrogen-bond acceptors (Lipinski definition) is 2. The number of allylic oxidation sites excluding steroid dienone is 4. The predicted octanol–water partition coefficient (Wildman–Crippen LogP) is 3.28. The zero-order chi connectivity index (χ0) is 17.5. The lowest BCUT2D eigenvalue weighted by atomic mass is 10.1. The van der Waals surface area contributed by atoms with E-state index in [4.69, 9.17) is 4.99 Å². The van der Waals surface area contributed by atoms with Gasteiger partial charge < -0.3 is 4.90 Å². The topological polar surface area (TPSA) is 18.6 Å². The molecule has 1 aliphatic heterocycles. The summed E-state index contributed by atoms with van der Waals surface area (Å²) >= 11 is 0. The van der Waals surface area contributed by atoms with E-state index < -0.39 is 8.07 Å². The first-order chi connectivity index (χ1) is 11.4. The van der Waals surface area contributed by atoms with Crippen molar-refractivity contribution in [3.8, 4) is 0 Å². The highest BCUT2D eigenvalue weighted by Gasteiger charge is 2.41. The summed E-state index contributed by atoms with van der Waals surface area (Å²) in [5.41, 5.74) is 4.89. The van der Waals surface area contributed by atoms with Gasteiger partial charge in [-0.2, -0.15) is 0 Å². The van der Waals surface area contributed by atoms with Crippen molar-refractivity contribution in [3.05, 3.63) is 41.6 Å². The highest BCUT2D eigenvalue weighted by atomic mass is 28.3. The molecule has 0 saturated carbocycles. The summed E-state index contributed by atoms with van der Waals surface area (Å²) in [6.45, 7) is 4.82. The van der Waals surface area contributed by atoms with Crippen molar-refractivity contribution in [2.45, 2.75) is 25.9 Å². The standard InChI is InChI=1S/C20H28N3Si/c1-7-12-24(6)19-13-15(22(2)3)8-10-17(19)21-18-11-9-16(23(4)5)14-20(18)24/h8-11,13-14H,7,12H2,1-6H3/q+1. The molecule has 3 nitrogen and oxygen atoms in total. The number of aliphatic imine (C=N–C) groups is 1. The van der Waals surface area contributed by atoms with E-state index in [0.717, 1.165) is 0 Å². The Morgan fingerprint density at radius 1 is 1.17 bits per heavy atom. The Morgan fingerprint density at radius 3 is 2.54 bits per heavy atom. The summed E-state index contributed by atoms with van der Waals surface area (Å²) in [5.74, 6) is 0. The third-order valence-corrected chi connectivity index (χ3v) is 9.85. The van der Waals surface area contributed by atoms with E-state index in [1.54, 1.807) is 0 Å². The lowest BCUT2D eigenvalue weighted by Gasteiger charge is -2.36. The maximum atomic E-state index is 4.99. The first-order valence-corrected chi connectivity index (χ1v) is 11.4. The molecular formula is C20H28N3Si+. The smallest absolute Gasteiger partial charge is 0.199 e. The fourth-order valence-corrected chi connectivity index (χ4v) is 7.90. The van der Waals surface area contributed by atoms with Crippen molar-refractivity contribution in [2.24, 2.45) is 4.99 Å². The predicted molar refractivity (Wildman–Crippen MR) is 109 cm³/mol. The van der Waals surface area contributed by atoms with Gasteiger partial charge in [-0.3, -0.25) is 0 Å². The van der Waals surface area contributed by atoms with Gasteiger partial charge >= 0.3 is 0 Å². The second-order valence-electron chi connectivity index (χ2n) is 7.39. The summed E-state index contributed by atoms with van der Waals surface area (Å²) in [5, 5.41) is 2.97. The minimum atomic E-state index is -1.78. The molecule has 1 unspecified atom stereocenters. The van der Waals surface area contributed by atoms with E-state index in [-0.39, 0.29) is 0 Å². The van der Waals surface area contributed by atoms with Crippen LogP contribution in [0.25, 0.3) is 0 Å². The first-order valence-electron chi connectivity index (χ1n) is 8.72. The molecule has 0 N–H and O–H groups in total. The maximum Gasteiger partial charge on any atom is 0.199 e. The van der Waals surface area contributed by atoms with Crippen LogP contribution in [0.4, 0.5) is 11.4 Å². The minimum absolute atomic E-state index is 1.17. The third kappa shape index (κ3) is 2.69. The number of rotatable bonds is 3. The molecule has 4 heteroatoms. The number of nitrogens with zero attached hydrogens (tertiary/aromatic N) is 3. The van der Waals surface area contributed by atoms with Gasteiger partial charge in [-0.25, -0.2) is 9.57 Å². The highest BCUT2D eigenvalue weighted by Crippen LogP contribution is 2.35.